The molecular weight excluding hydrogens is 276 g/mol. The topological polar surface area (TPSA) is 78.1 Å². The lowest BCUT2D eigenvalue weighted by molar-refractivity contribution is 0.458. The zero-order chi connectivity index (χ0) is 15.0. The summed E-state index contributed by atoms with van der Waals surface area (Å²) in [6, 6.07) is 0. The number of hydrogen-bond donors (Lipinski definition) is 2. The van der Waals surface area contributed by atoms with E-state index >= 15 is 0 Å². The predicted molar refractivity (Wildman–Crippen MR) is 79.8 cm³/mol. The number of aromatic amines is 1. The van der Waals surface area contributed by atoms with Gasteiger partial charge >= 0.3 is 0 Å². The number of nitrogens with one attached hydrogen (secondary N) is 2. The summed E-state index contributed by atoms with van der Waals surface area (Å²) in [5.74, 6) is 0. The molecule has 0 saturated carbocycles. The Morgan fingerprint density at radius 1 is 1.55 bits per heavy atom. The molecule has 2 N–H and O–H groups in total. The number of rotatable bonds is 10. The molecule has 1 heterocycles. The molecule has 20 heavy (non-hydrogen) atoms. The molecule has 0 spiro atoms. The van der Waals surface area contributed by atoms with E-state index in [0.717, 1.165) is 25.8 Å². The van der Waals surface area contributed by atoms with Crippen LogP contribution in [0.25, 0.3) is 0 Å². The first-order valence-electron chi connectivity index (χ1n) is 6.84. The lowest BCUT2D eigenvalue weighted by Gasteiger charge is -2.16. The highest BCUT2D eigenvalue weighted by Crippen LogP contribution is 2.16. The standard InChI is InChI=1S/C13H24N4O2S/c1-4-6-7-9-17(3)20(18,19)13-12(11-15-16-13)10-14-8-5-2/h4,11,14H,1,5-10H2,2-3H3,(H,15,16). The maximum absolute atomic E-state index is 12.4. The van der Waals surface area contributed by atoms with Crippen molar-refractivity contribution >= 4 is 10.0 Å². The van der Waals surface area contributed by atoms with Gasteiger partial charge in [-0.15, -0.1) is 6.58 Å². The van der Waals surface area contributed by atoms with Gasteiger partial charge in [-0.25, -0.2) is 8.42 Å². The van der Waals surface area contributed by atoms with Crippen LogP contribution in [0.15, 0.2) is 23.9 Å². The average molecular weight is 300 g/mol. The van der Waals surface area contributed by atoms with Gasteiger partial charge in [0.1, 0.15) is 0 Å². The third kappa shape index (κ3) is 4.43. The molecule has 7 heteroatoms. The van der Waals surface area contributed by atoms with E-state index in [1.165, 1.54) is 4.31 Å². The highest BCUT2D eigenvalue weighted by atomic mass is 32.2. The Balaban J connectivity index is 2.76. The molecule has 6 nitrogen and oxygen atoms in total. The molecular formula is C13H24N4O2S. The van der Waals surface area contributed by atoms with Crippen molar-refractivity contribution in [2.24, 2.45) is 0 Å². The van der Waals surface area contributed by atoms with Gasteiger partial charge in [-0.3, -0.25) is 5.10 Å². The molecule has 0 aliphatic rings. The first-order valence-corrected chi connectivity index (χ1v) is 8.28. The normalized spacial score (nSPS) is 11.9. The van der Waals surface area contributed by atoms with E-state index in [0.29, 0.717) is 18.7 Å². The van der Waals surface area contributed by atoms with Crippen molar-refractivity contribution < 1.29 is 8.42 Å². The molecule has 0 unspecified atom stereocenters. The van der Waals surface area contributed by atoms with Crippen LogP contribution in [0.3, 0.4) is 0 Å². The van der Waals surface area contributed by atoms with Crippen LogP contribution in [0, 0.1) is 0 Å². The minimum absolute atomic E-state index is 0.183. The molecule has 114 valence electrons. The third-order valence-electron chi connectivity index (χ3n) is 2.97. The molecule has 0 aliphatic carbocycles. The van der Waals surface area contributed by atoms with Gasteiger partial charge in [-0.05, 0) is 25.8 Å². The Kier molecular flexibility index (Phi) is 6.90. The van der Waals surface area contributed by atoms with Crippen molar-refractivity contribution in [1.82, 2.24) is 19.8 Å². The van der Waals surface area contributed by atoms with Crippen LogP contribution in [-0.4, -0.2) is 43.1 Å². The quantitative estimate of drug-likeness (QED) is 0.507. The Hall–Kier alpha value is -1.18. The number of aromatic nitrogens is 2. The minimum Gasteiger partial charge on any atom is -0.313 e. The van der Waals surface area contributed by atoms with Crippen molar-refractivity contribution in [1.29, 1.82) is 0 Å². The molecule has 0 atom stereocenters. The van der Waals surface area contributed by atoms with Crippen LogP contribution in [0.4, 0.5) is 0 Å². The molecule has 1 aromatic heterocycles. The van der Waals surface area contributed by atoms with E-state index in [1.807, 2.05) is 0 Å². The van der Waals surface area contributed by atoms with E-state index in [1.54, 1.807) is 19.3 Å². The van der Waals surface area contributed by atoms with Gasteiger partial charge in [0.15, 0.2) is 5.03 Å². The summed E-state index contributed by atoms with van der Waals surface area (Å²) in [5, 5.41) is 9.83. The van der Waals surface area contributed by atoms with Crippen molar-refractivity contribution in [3.05, 3.63) is 24.4 Å². The highest BCUT2D eigenvalue weighted by molar-refractivity contribution is 7.89. The van der Waals surface area contributed by atoms with Crippen molar-refractivity contribution in [2.75, 3.05) is 20.1 Å². The summed E-state index contributed by atoms with van der Waals surface area (Å²) in [4.78, 5) is 0. The fraction of sp³-hybridized carbons (Fsp3) is 0.615. The summed E-state index contributed by atoms with van der Waals surface area (Å²) >= 11 is 0. The molecule has 0 aromatic carbocycles. The third-order valence-corrected chi connectivity index (χ3v) is 4.84. The van der Waals surface area contributed by atoms with Crippen molar-refractivity contribution in [2.45, 2.75) is 37.8 Å². The lowest BCUT2D eigenvalue weighted by Crippen LogP contribution is -2.29. The largest absolute Gasteiger partial charge is 0.313 e. The number of hydrogen-bond acceptors (Lipinski definition) is 4. The zero-order valence-electron chi connectivity index (χ0n) is 12.2. The second-order valence-corrected chi connectivity index (χ2v) is 6.64. The van der Waals surface area contributed by atoms with E-state index in [4.69, 9.17) is 0 Å². The van der Waals surface area contributed by atoms with Crippen LogP contribution in [-0.2, 0) is 16.6 Å². The van der Waals surface area contributed by atoms with Crippen LogP contribution in [0.2, 0.25) is 0 Å². The number of nitrogens with zero attached hydrogens (tertiary/aromatic N) is 2. The fourth-order valence-corrected chi connectivity index (χ4v) is 3.09. The van der Waals surface area contributed by atoms with Gasteiger partial charge in [0.25, 0.3) is 10.0 Å². The molecule has 0 saturated heterocycles. The first kappa shape index (κ1) is 16.9. The number of sulfonamides is 1. The van der Waals surface area contributed by atoms with E-state index in [9.17, 15) is 8.42 Å². The van der Waals surface area contributed by atoms with Gasteiger partial charge < -0.3 is 5.32 Å². The van der Waals surface area contributed by atoms with E-state index in [2.05, 4.69) is 29.0 Å². The lowest BCUT2D eigenvalue weighted by atomic mass is 10.3. The second kappa shape index (κ2) is 8.18. The second-order valence-electron chi connectivity index (χ2n) is 4.66. The highest BCUT2D eigenvalue weighted by Gasteiger charge is 2.25. The van der Waals surface area contributed by atoms with E-state index < -0.39 is 10.0 Å². The number of H-pyrrole nitrogens is 1. The molecule has 0 radical (unpaired) electrons. The minimum atomic E-state index is -3.50. The predicted octanol–water partition coefficient (Wildman–Crippen LogP) is 1.50. The van der Waals surface area contributed by atoms with Crippen LogP contribution in [0.5, 0.6) is 0 Å². The monoisotopic (exact) mass is 300 g/mol. The molecule has 0 bridgehead atoms. The summed E-state index contributed by atoms with van der Waals surface area (Å²) < 4.78 is 26.2. The number of unbranched alkanes of at least 4 members (excludes halogenated alkanes) is 1. The van der Waals surface area contributed by atoms with Crippen LogP contribution >= 0.6 is 0 Å². The first-order chi connectivity index (χ1) is 9.54. The van der Waals surface area contributed by atoms with Gasteiger partial charge in [0.2, 0.25) is 0 Å². The molecule has 1 aromatic rings. The van der Waals surface area contributed by atoms with Crippen LogP contribution < -0.4 is 5.32 Å². The Morgan fingerprint density at radius 3 is 2.95 bits per heavy atom. The molecule has 0 amide bonds. The van der Waals surface area contributed by atoms with Gasteiger partial charge in [-0.1, -0.05) is 13.0 Å². The average Bonchev–Trinajstić information content (AvgIpc) is 2.88. The maximum Gasteiger partial charge on any atom is 0.260 e. The van der Waals surface area contributed by atoms with Crippen LogP contribution in [0.1, 0.15) is 31.7 Å². The fourth-order valence-electron chi connectivity index (χ4n) is 1.78. The van der Waals surface area contributed by atoms with Gasteiger partial charge in [-0.2, -0.15) is 9.40 Å². The molecule has 0 aliphatic heterocycles. The smallest absolute Gasteiger partial charge is 0.260 e. The summed E-state index contributed by atoms with van der Waals surface area (Å²) in [5.41, 5.74) is 0.675. The van der Waals surface area contributed by atoms with Gasteiger partial charge in [0, 0.05) is 25.7 Å². The summed E-state index contributed by atoms with van der Waals surface area (Å²) in [6.07, 6.45) is 5.91. The summed E-state index contributed by atoms with van der Waals surface area (Å²) in [7, 11) is -1.92. The Morgan fingerprint density at radius 2 is 2.30 bits per heavy atom. The Labute approximate surface area is 121 Å². The maximum atomic E-state index is 12.4. The summed E-state index contributed by atoms with van der Waals surface area (Å²) in [6.45, 7) is 7.51. The number of allylic oxidation sites excluding steroid dienone is 1. The van der Waals surface area contributed by atoms with Gasteiger partial charge in [0.05, 0.1) is 6.20 Å². The molecule has 1 rings (SSSR count). The van der Waals surface area contributed by atoms with Crippen molar-refractivity contribution in [3.8, 4) is 0 Å². The SMILES string of the molecule is C=CCCCN(C)S(=O)(=O)c1[nH]ncc1CNCCC. The van der Waals surface area contributed by atoms with Crippen molar-refractivity contribution in [3.63, 3.8) is 0 Å². The molecule has 0 fully saturated rings. The van der Waals surface area contributed by atoms with E-state index in [-0.39, 0.29) is 5.03 Å². The Bertz CT molecular complexity index is 510. The zero-order valence-corrected chi connectivity index (χ0v) is 13.0.